The van der Waals surface area contributed by atoms with E-state index >= 15 is 0 Å². The van der Waals surface area contributed by atoms with E-state index in [1.165, 1.54) is 6.07 Å². The summed E-state index contributed by atoms with van der Waals surface area (Å²) < 4.78 is 38.7. The molecular weight excluding hydrogens is 1920 g/mol. The van der Waals surface area contributed by atoms with E-state index in [9.17, 15) is 74.0 Å². The van der Waals surface area contributed by atoms with E-state index in [2.05, 4.69) is 93.3 Å². The van der Waals surface area contributed by atoms with E-state index in [1.807, 2.05) is 175 Å². The van der Waals surface area contributed by atoms with Crippen LogP contribution in [0.4, 0.5) is 37.0 Å². The highest BCUT2D eigenvalue weighted by Crippen LogP contribution is 2.28. The van der Waals surface area contributed by atoms with E-state index in [4.69, 9.17) is 9.97 Å². The number of halogens is 3. The zero-order valence-electron chi connectivity index (χ0n) is 84.1. The quantitative estimate of drug-likeness (QED) is 0.00766. The van der Waals surface area contributed by atoms with Gasteiger partial charge in [-0.2, -0.15) is 13.2 Å². The Kier molecular flexibility index (Phi) is 36.6. The number of aromatic nitrogens is 17. The number of nitrogens with one attached hydrogen (secondary N) is 8. The lowest BCUT2D eigenvalue weighted by Crippen LogP contribution is -2.44. The minimum absolute atomic E-state index is 0.00968. The van der Waals surface area contributed by atoms with Crippen molar-refractivity contribution in [3.05, 3.63) is 299 Å². The Morgan fingerprint density at radius 1 is 0.309 bits per heavy atom. The third-order valence-corrected chi connectivity index (χ3v) is 24.7. The molecule has 41 nitrogen and oxygen atoms in total. The van der Waals surface area contributed by atoms with Crippen LogP contribution in [0.25, 0.3) is 110 Å². The summed E-state index contributed by atoms with van der Waals surface area (Å²) >= 11 is 0. The van der Waals surface area contributed by atoms with Crippen molar-refractivity contribution < 1.29 is 70.7 Å². The molecule has 17 aromatic rings. The molecule has 0 spiro atoms. The fourth-order valence-corrected chi connectivity index (χ4v) is 16.7. The first-order valence-electron chi connectivity index (χ1n) is 48.9. The van der Waals surface area contributed by atoms with Crippen LogP contribution in [0, 0.1) is 76.3 Å². The Labute approximate surface area is 855 Å². The van der Waals surface area contributed by atoms with Crippen LogP contribution in [0.2, 0.25) is 0 Å². The van der Waals surface area contributed by atoms with E-state index < -0.39 is 12.1 Å². The van der Waals surface area contributed by atoms with Crippen molar-refractivity contribution in [1.82, 2.24) is 86.2 Å². The van der Waals surface area contributed by atoms with Gasteiger partial charge in [-0.3, -0.25) is 45.4 Å². The van der Waals surface area contributed by atoms with Crippen molar-refractivity contribution >= 4 is 146 Å². The summed E-state index contributed by atoms with van der Waals surface area (Å²) in [5, 5.41) is 139. The molecule has 9 aromatic carbocycles. The highest BCUT2D eigenvalue weighted by atomic mass is 19.4. The number of para-hydroxylation sites is 6. The maximum Gasteiger partial charge on any atom is 0.471 e. The lowest BCUT2D eigenvalue weighted by Gasteiger charge is -2.16. The number of anilines is 4. The molecule has 149 heavy (non-hydrogen) atoms. The van der Waals surface area contributed by atoms with E-state index in [-0.39, 0.29) is 92.2 Å². The van der Waals surface area contributed by atoms with Gasteiger partial charge in [0.25, 0.3) is 39.8 Å². The average molecular weight is 2040 g/mol. The summed E-state index contributed by atoms with van der Waals surface area (Å²) in [6.07, 6.45) is 4.15. The van der Waals surface area contributed by atoms with Gasteiger partial charge in [-0.15, -0.1) is 0 Å². The number of carbonyl (C=O) groups excluding carboxylic acids is 4. The largest absolute Gasteiger partial charge is 0.739 e. The first-order chi connectivity index (χ1) is 71.7. The van der Waals surface area contributed by atoms with Crippen LogP contribution in [0.1, 0.15) is 110 Å². The van der Waals surface area contributed by atoms with Crippen LogP contribution < -0.4 is 80.8 Å². The Hall–Kier alpha value is -17.0. The highest BCUT2D eigenvalue weighted by Gasteiger charge is 2.38. The average Bonchev–Trinajstić information content (AvgIpc) is 0.782. The molecule has 0 bridgehead atoms. The molecular formula is C105H118F3N29O12. The smallest absolute Gasteiger partial charge is 0.471 e. The van der Waals surface area contributed by atoms with Gasteiger partial charge in [0.05, 0.1) is 81.7 Å². The molecule has 4 amide bonds. The molecule has 0 unspecified atom stereocenters. The molecule has 0 aliphatic heterocycles. The number of nitrogens with zero attached hydrogens (tertiary/aromatic N) is 21. The molecule has 44 heteroatoms. The molecule has 8 heterocycles. The fraction of sp³-hybridized carbons (Fsp3) is 0.324. The van der Waals surface area contributed by atoms with Crippen molar-refractivity contribution in [3.63, 3.8) is 0 Å². The number of benzene rings is 9. The summed E-state index contributed by atoms with van der Waals surface area (Å²) in [6, 6.07) is 60.2. The second kappa shape index (κ2) is 50.7. The van der Waals surface area contributed by atoms with Crippen LogP contribution in [-0.2, 0) is 4.79 Å². The Morgan fingerprint density at radius 3 is 1.01 bits per heavy atom. The van der Waals surface area contributed by atoms with Crippen LogP contribution in [0.3, 0.4) is 0 Å². The van der Waals surface area contributed by atoms with Gasteiger partial charge in [0.2, 0.25) is 20.4 Å². The SMILES string of the molecule is Cc1ccc2c(c1)[n+]([O-])c(NCCCN(C)CCCNC(=O)C(F)(F)F)n[n+]2[O-].Cc1ccc2c(c1)[n+]([O-])c(NCCCN(C)CCCNC(=O)c1cccc3cc4cccc(C)c4nc13)n[n+]2[O-].Cc1ccc2c(c1)[n+]([O-])c(NCCCN(C)CCCNC(=O)c1cccc3ccc(-c4ccncc4)nc13)n[n+]2[O-].Cc1ccc2c(c1)[n+]([O-])c(NCCCN(C)CCCNC(=O)c1cccc3nc4ccccc4nc13)n[n+]2[O-]. The molecule has 8 aromatic heterocycles. The molecule has 776 valence electrons. The minimum Gasteiger partial charge on any atom is -0.739 e. The van der Waals surface area contributed by atoms with Gasteiger partial charge in [0.15, 0.2) is 22.1 Å². The van der Waals surface area contributed by atoms with Crippen molar-refractivity contribution in [3.8, 4) is 11.3 Å². The van der Waals surface area contributed by atoms with E-state index in [0.29, 0.717) is 149 Å². The standard InChI is InChI=1S/C30H32N8O3.C30H33N7O3.C28H30N8O3.C17H23F3N6O3/c1-21-8-11-26-27(20-21)37(40)30(35-38(26)41)33-15-5-19-36(2)18-4-14-32-29(39)24-7-3-6-23-9-10-25(34-28(23)24)22-12-16-31-17-13-22;1-20-12-13-25-26(18-20)36(39)30(34-37(25)40)32-15-7-17-35(3)16-6-14-31-29(38)24-11-5-10-23-19-22-9-4-8-21(2)27(22)33-28(23)24;1-19-12-13-24-25(18-19)35(38)28(33-36(24)39)30-15-7-17-34(2)16-6-14-29-27(37)20-8-5-11-23-26(20)32-22-10-4-3-9-21(22)31-23;1-12-5-6-13-14(11-12)25(28)16(23-26(13)29)22-8-4-10-24(2)9-3-7-21-15(27)17(18,19)20/h3,6-13,16-17,20H,4-5,14-15,18-19H2,1-2H3,(H,32,39)(H,33,35);4-5,8-13,18-19H,6-7,14-17H2,1-3H3,(H,31,38)(H,32,34);3-5,8-13,18H,6-7,14-17H2,1-2H3,(H,29,37)(H,30,33);5-6,11H,3-4,7-10H2,1-2H3,(H,21,27)(H,22,23). The van der Waals surface area contributed by atoms with Crippen LogP contribution >= 0.6 is 0 Å². The number of carbonyl (C=O) groups is 4. The number of pyridine rings is 3. The maximum absolute atomic E-state index is 13.0. The lowest BCUT2D eigenvalue weighted by molar-refractivity contribution is -0.672. The van der Waals surface area contributed by atoms with Crippen LogP contribution in [0.5, 0.6) is 0 Å². The monoisotopic (exact) mass is 2030 g/mol. The van der Waals surface area contributed by atoms with Crippen molar-refractivity contribution in [1.29, 1.82) is 0 Å². The van der Waals surface area contributed by atoms with Crippen LogP contribution in [0.15, 0.2) is 213 Å². The van der Waals surface area contributed by atoms with Crippen molar-refractivity contribution in [2.75, 3.05) is 154 Å². The third-order valence-electron chi connectivity index (χ3n) is 24.7. The fourth-order valence-electron chi connectivity index (χ4n) is 16.7. The normalized spacial score (nSPS) is 11.5. The van der Waals surface area contributed by atoms with Crippen LogP contribution in [-0.4, -0.2) is 228 Å². The number of amides is 4. The van der Waals surface area contributed by atoms with E-state index in [1.54, 1.807) is 98.3 Å². The number of hydrogen-bond acceptors (Lipinski definition) is 29. The first-order valence-corrected chi connectivity index (χ1v) is 48.9. The highest BCUT2D eigenvalue weighted by molar-refractivity contribution is 6.09. The summed E-state index contributed by atoms with van der Waals surface area (Å²) in [6.45, 7) is 18.6. The first kappa shape index (κ1) is 108. The summed E-state index contributed by atoms with van der Waals surface area (Å²) in [4.78, 5) is 82.7. The zero-order valence-corrected chi connectivity index (χ0v) is 84.1. The molecule has 8 N–H and O–H groups in total. The third kappa shape index (κ3) is 28.4. The lowest BCUT2D eigenvalue weighted by atomic mass is 10.0. The van der Waals surface area contributed by atoms with Gasteiger partial charge in [0.1, 0.15) is 5.52 Å². The summed E-state index contributed by atoms with van der Waals surface area (Å²) in [5.41, 5.74) is 15.0. The van der Waals surface area contributed by atoms with Gasteiger partial charge in [-0.25, -0.2) is 38.9 Å². The van der Waals surface area contributed by atoms with E-state index in [0.717, 1.165) is 150 Å². The molecule has 0 saturated carbocycles. The molecule has 0 saturated heterocycles. The Balaban J connectivity index is 0.000000158. The number of fused-ring (bicyclic) bond motifs is 9. The van der Waals surface area contributed by atoms with Crippen molar-refractivity contribution in [2.24, 2.45) is 0 Å². The molecule has 0 aliphatic carbocycles. The second-order valence-corrected chi connectivity index (χ2v) is 36.4. The van der Waals surface area contributed by atoms with Gasteiger partial charge in [-0.05, 0) is 253 Å². The number of hydrogen-bond donors (Lipinski definition) is 8. The number of rotatable bonds is 40. The molecule has 0 fully saturated rings. The molecule has 0 radical (unpaired) electrons. The van der Waals surface area contributed by atoms with Gasteiger partial charge >= 0.3 is 35.9 Å². The summed E-state index contributed by atoms with van der Waals surface area (Å²) in [5.74, 6) is -2.53. The number of alkyl halides is 3. The van der Waals surface area contributed by atoms with Gasteiger partial charge in [0, 0.05) is 130 Å². The predicted molar refractivity (Wildman–Crippen MR) is 561 cm³/mol. The topological polar surface area (TPSA) is 509 Å². The summed E-state index contributed by atoms with van der Waals surface area (Å²) in [7, 11) is 7.82. The Bertz CT molecular complexity index is 7660. The predicted octanol–water partition coefficient (Wildman–Crippen LogP) is 9.42. The van der Waals surface area contributed by atoms with Gasteiger partial charge < -0.3 is 82.5 Å². The second-order valence-electron chi connectivity index (χ2n) is 36.4. The maximum atomic E-state index is 13.0. The minimum atomic E-state index is -4.87. The molecule has 0 aliphatic rings. The number of aryl methyl sites for hydroxylation is 5. The zero-order chi connectivity index (χ0) is 106. The van der Waals surface area contributed by atoms with Gasteiger partial charge in [-0.1, -0.05) is 91.0 Å². The van der Waals surface area contributed by atoms with Crippen molar-refractivity contribution in [2.45, 2.75) is 92.2 Å². The Morgan fingerprint density at radius 2 is 0.631 bits per heavy atom. The molecule has 17 rings (SSSR count). The molecule has 0 atom stereocenters.